The van der Waals surface area contributed by atoms with Crippen molar-refractivity contribution in [3.05, 3.63) is 46.8 Å². The first-order valence-corrected chi connectivity index (χ1v) is 8.36. The monoisotopic (exact) mass is 343 g/mol. The van der Waals surface area contributed by atoms with Crippen LogP contribution < -0.4 is 15.6 Å². The zero-order valence-electron chi connectivity index (χ0n) is 15.4. The molecule has 1 aromatic heterocycles. The van der Waals surface area contributed by atoms with Crippen LogP contribution in [0.4, 0.5) is 0 Å². The molecule has 0 aliphatic rings. The van der Waals surface area contributed by atoms with Gasteiger partial charge in [0.05, 0.1) is 12.3 Å². The number of nitrogens with zero attached hydrogens (tertiary/aromatic N) is 2. The Hall–Kier alpha value is -2.63. The Morgan fingerprint density at radius 3 is 2.40 bits per heavy atom. The van der Waals surface area contributed by atoms with Crippen molar-refractivity contribution in [1.82, 2.24) is 15.1 Å². The van der Waals surface area contributed by atoms with Gasteiger partial charge in [0.25, 0.3) is 5.56 Å². The zero-order chi connectivity index (χ0) is 18.6. The van der Waals surface area contributed by atoms with Gasteiger partial charge in [-0.15, -0.1) is 0 Å². The van der Waals surface area contributed by atoms with E-state index in [4.69, 9.17) is 4.74 Å². The molecule has 1 N–H and O–H groups in total. The van der Waals surface area contributed by atoms with Gasteiger partial charge in [-0.25, -0.2) is 4.68 Å². The minimum atomic E-state index is -0.700. The summed E-state index contributed by atoms with van der Waals surface area (Å²) in [5, 5.41) is 7.24. The van der Waals surface area contributed by atoms with Gasteiger partial charge in [-0.1, -0.05) is 0 Å². The molecule has 1 heterocycles. The first kappa shape index (κ1) is 18.7. The van der Waals surface area contributed by atoms with Crippen LogP contribution in [0.15, 0.2) is 41.2 Å². The molecule has 1 aromatic carbocycles. The summed E-state index contributed by atoms with van der Waals surface area (Å²) in [6.07, 6.45) is 0. The Bertz CT molecular complexity index is 789. The number of carbonyl (C=O) groups is 1. The Morgan fingerprint density at radius 1 is 1.20 bits per heavy atom. The van der Waals surface area contributed by atoms with Gasteiger partial charge in [-0.3, -0.25) is 9.59 Å². The molecule has 0 saturated heterocycles. The fourth-order valence-corrected chi connectivity index (χ4v) is 2.33. The van der Waals surface area contributed by atoms with Crippen LogP contribution >= 0.6 is 0 Å². The highest BCUT2D eigenvalue weighted by Gasteiger charge is 2.22. The van der Waals surface area contributed by atoms with E-state index in [0.717, 1.165) is 11.3 Å². The molecule has 6 nitrogen and oxygen atoms in total. The summed E-state index contributed by atoms with van der Waals surface area (Å²) in [6.45, 7) is 9.87. The van der Waals surface area contributed by atoms with Crippen LogP contribution in [0.3, 0.4) is 0 Å². The second kappa shape index (κ2) is 7.51. The summed E-state index contributed by atoms with van der Waals surface area (Å²) >= 11 is 0. The van der Waals surface area contributed by atoms with Crippen molar-refractivity contribution in [3.8, 4) is 17.0 Å². The van der Waals surface area contributed by atoms with Crippen LogP contribution in [-0.2, 0) is 4.79 Å². The average molecular weight is 343 g/mol. The Balaban J connectivity index is 2.30. The summed E-state index contributed by atoms with van der Waals surface area (Å²) in [5.41, 5.74) is 0.784. The molecule has 6 heteroatoms. The Labute approximate surface area is 147 Å². The van der Waals surface area contributed by atoms with Crippen molar-refractivity contribution in [3.63, 3.8) is 0 Å². The molecule has 2 rings (SSSR count). The molecule has 0 fully saturated rings. The predicted octanol–water partition coefficient (Wildman–Crippen LogP) is 2.78. The van der Waals surface area contributed by atoms with E-state index in [9.17, 15) is 9.59 Å². The van der Waals surface area contributed by atoms with Gasteiger partial charge in [-0.05, 0) is 65.0 Å². The van der Waals surface area contributed by atoms with Gasteiger partial charge in [0.1, 0.15) is 11.8 Å². The van der Waals surface area contributed by atoms with Gasteiger partial charge >= 0.3 is 0 Å². The number of hydrogen-bond acceptors (Lipinski definition) is 4. The lowest BCUT2D eigenvalue weighted by Crippen LogP contribution is -2.45. The number of aromatic nitrogens is 2. The number of hydrogen-bond donors (Lipinski definition) is 1. The molecule has 0 spiro atoms. The van der Waals surface area contributed by atoms with Crippen LogP contribution in [0.2, 0.25) is 0 Å². The predicted molar refractivity (Wildman–Crippen MR) is 97.7 cm³/mol. The molecule has 0 aliphatic heterocycles. The molecule has 0 radical (unpaired) electrons. The van der Waals surface area contributed by atoms with E-state index in [0.29, 0.717) is 12.3 Å². The second-order valence-corrected chi connectivity index (χ2v) is 6.87. The normalized spacial score (nSPS) is 12.5. The standard InChI is InChI=1S/C19H25N3O3/c1-6-25-15-9-7-14(8-10-15)16-11-12-17(23)22(21-16)13(2)18(24)20-19(3,4)5/h7-13H,6H2,1-5H3,(H,20,24). The lowest BCUT2D eigenvalue weighted by molar-refractivity contribution is -0.125. The summed E-state index contributed by atoms with van der Waals surface area (Å²) < 4.78 is 6.64. The van der Waals surface area contributed by atoms with Crippen molar-refractivity contribution >= 4 is 5.91 Å². The summed E-state index contributed by atoms with van der Waals surface area (Å²) in [5.74, 6) is 0.531. The Morgan fingerprint density at radius 2 is 1.84 bits per heavy atom. The number of amides is 1. The Kier molecular flexibility index (Phi) is 5.62. The van der Waals surface area contributed by atoms with Crippen LogP contribution in [0.1, 0.15) is 40.7 Å². The van der Waals surface area contributed by atoms with E-state index in [1.54, 1.807) is 13.0 Å². The molecule has 1 atom stereocenters. The van der Waals surface area contributed by atoms with Crippen molar-refractivity contribution in [2.75, 3.05) is 6.61 Å². The largest absolute Gasteiger partial charge is 0.494 e. The SMILES string of the molecule is CCOc1ccc(-c2ccc(=O)n(C(C)C(=O)NC(C)(C)C)n2)cc1. The van der Waals surface area contributed by atoms with Crippen molar-refractivity contribution < 1.29 is 9.53 Å². The molecule has 2 aromatic rings. The molecule has 25 heavy (non-hydrogen) atoms. The molecular weight excluding hydrogens is 318 g/mol. The maximum atomic E-state index is 12.3. The second-order valence-electron chi connectivity index (χ2n) is 6.87. The van der Waals surface area contributed by atoms with Crippen molar-refractivity contribution in [1.29, 1.82) is 0 Å². The van der Waals surface area contributed by atoms with Crippen molar-refractivity contribution in [2.45, 2.75) is 46.2 Å². The molecule has 0 aliphatic carbocycles. The summed E-state index contributed by atoms with van der Waals surface area (Å²) in [7, 11) is 0. The minimum absolute atomic E-state index is 0.244. The third kappa shape index (κ3) is 4.92. The summed E-state index contributed by atoms with van der Waals surface area (Å²) in [6, 6.07) is 9.85. The van der Waals surface area contributed by atoms with Crippen LogP contribution in [0.25, 0.3) is 11.3 Å². The van der Waals surface area contributed by atoms with Gasteiger partial charge in [0.2, 0.25) is 5.91 Å². The zero-order valence-corrected chi connectivity index (χ0v) is 15.4. The number of benzene rings is 1. The molecule has 0 saturated carbocycles. The molecule has 1 unspecified atom stereocenters. The average Bonchev–Trinajstić information content (AvgIpc) is 2.54. The lowest BCUT2D eigenvalue weighted by Gasteiger charge is -2.23. The quantitative estimate of drug-likeness (QED) is 0.906. The van der Waals surface area contributed by atoms with Crippen LogP contribution in [0, 0.1) is 0 Å². The number of carbonyl (C=O) groups excluding carboxylic acids is 1. The first-order chi connectivity index (χ1) is 11.7. The topological polar surface area (TPSA) is 73.2 Å². The van der Waals surface area contributed by atoms with Crippen LogP contribution in [-0.4, -0.2) is 27.8 Å². The number of nitrogens with one attached hydrogen (secondary N) is 1. The third-order valence-electron chi connectivity index (χ3n) is 3.53. The molecule has 1 amide bonds. The smallest absolute Gasteiger partial charge is 0.267 e. The maximum absolute atomic E-state index is 12.3. The fourth-order valence-electron chi connectivity index (χ4n) is 2.33. The van der Waals surface area contributed by atoms with Gasteiger partial charge in [0, 0.05) is 17.2 Å². The van der Waals surface area contributed by atoms with E-state index < -0.39 is 6.04 Å². The highest BCUT2D eigenvalue weighted by molar-refractivity contribution is 5.80. The molecule has 134 valence electrons. The molecule has 0 bridgehead atoms. The fraction of sp³-hybridized carbons (Fsp3) is 0.421. The highest BCUT2D eigenvalue weighted by atomic mass is 16.5. The lowest BCUT2D eigenvalue weighted by atomic mass is 10.1. The van der Waals surface area contributed by atoms with Gasteiger partial charge in [-0.2, -0.15) is 5.10 Å². The van der Waals surface area contributed by atoms with E-state index in [2.05, 4.69) is 10.4 Å². The van der Waals surface area contributed by atoms with Crippen molar-refractivity contribution in [2.24, 2.45) is 0 Å². The van der Waals surface area contributed by atoms with Gasteiger partial charge < -0.3 is 10.1 Å². The number of rotatable bonds is 5. The highest BCUT2D eigenvalue weighted by Crippen LogP contribution is 2.20. The van der Waals surface area contributed by atoms with E-state index in [1.807, 2.05) is 52.0 Å². The first-order valence-electron chi connectivity index (χ1n) is 8.36. The van der Waals surface area contributed by atoms with E-state index in [1.165, 1.54) is 10.7 Å². The van der Waals surface area contributed by atoms with Gasteiger partial charge in [0.15, 0.2) is 0 Å². The third-order valence-corrected chi connectivity index (χ3v) is 3.53. The molecular formula is C19H25N3O3. The maximum Gasteiger partial charge on any atom is 0.267 e. The van der Waals surface area contributed by atoms with Crippen LogP contribution in [0.5, 0.6) is 5.75 Å². The number of ether oxygens (including phenoxy) is 1. The van der Waals surface area contributed by atoms with E-state index >= 15 is 0 Å². The summed E-state index contributed by atoms with van der Waals surface area (Å²) in [4.78, 5) is 24.5. The minimum Gasteiger partial charge on any atom is -0.494 e. The van der Waals surface area contributed by atoms with E-state index in [-0.39, 0.29) is 17.0 Å².